The van der Waals surface area contributed by atoms with Gasteiger partial charge >= 0.3 is 0 Å². The van der Waals surface area contributed by atoms with E-state index < -0.39 is 6.04 Å². The number of hydrogen-bond donors (Lipinski definition) is 2. The summed E-state index contributed by atoms with van der Waals surface area (Å²) in [5.74, 6) is -0.532. The highest BCUT2D eigenvalue weighted by atomic mass is 16.2. The number of benzene rings is 2. The van der Waals surface area contributed by atoms with Crippen LogP contribution in [-0.4, -0.2) is 41.8 Å². The van der Waals surface area contributed by atoms with Gasteiger partial charge in [0.2, 0.25) is 5.91 Å². The number of nitriles is 1. The van der Waals surface area contributed by atoms with Crippen molar-refractivity contribution in [2.24, 2.45) is 0 Å². The Kier molecular flexibility index (Phi) is 5.23. The maximum absolute atomic E-state index is 12.7. The van der Waals surface area contributed by atoms with E-state index in [2.05, 4.69) is 16.4 Å². The average Bonchev–Trinajstić information content (AvgIpc) is 3.10. The molecule has 0 saturated carbocycles. The molecule has 2 N–H and O–H groups in total. The Balaban J connectivity index is 1.83. The van der Waals surface area contributed by atoms with Crippen LogP contribution in [0.5, 0.6) is 0 Å². The molecule has 6 nitrogen and oxygen atoms in total. The van der Waals surface area contributed by atoms with E-state index in [4.69, 9.17) is 5.26 Å². The van der Waals surface area contributed by atoms with Crippen LogP contribution in [0.4, 0.5) is 0 Å². The maximum Gasteiger partial charge on any atom is 0.268 e. The molecule has 0 aliphatic rings. The van der Waals surface area contributed by atoms with Gasteiger partial charge in [0, 0.05) is 31.4 Å². The lowest BCUT2D eigenvalue weighted by Gasteiger charge is -2.21. The third-order valence-electron chi connectivity index (χ3n) is 4.32. The van der Waals surface area contributed by atoms with Crippen molar-refractivity contribution in [3.8, 4) is 6.07 Å². The minimum absolute atomic E-state index is 0.171. The first-order valence-corrected chi connectivity index (χ1v) is 8.57. The number of hydrogen-bond acceptors (Lipinski definition) is 3. The zero-order valence-corrected chi connectivity index (χ0v) is 15.2. The van der Waals surface area contributed by atoms with Gasteiger partial charge in [0.05, 0.1) is 11.6 Å². The second kappa shape index (κ2) is 7.75. The van der Waals surface area contributed by atoms with E-state index in [-0.39, 0.29) is 11.8 Å². The maximum atomic E-state index is 12.7. The number of H-pyrrole nitrogens is 1. The fourth-order valence-corrected chi connectivity index (χ4v) is 2.92. The number of rotatable bonds is 5. The summed E-state index contributed by atoms with van der Waals surface area (Å²) in [6.45, 7) is 0. The van der Waals surface area contributed by atoms with Crippen LogP contribution < -0.4 is 5.32 Å². The van der Waals surface area contributed by atoms with Gasteiger partial charge in [0.25, 0.3) is 5.91 Å². The smallest absolute Gasteiger partial charge is 0.268 e. The van der Waals surface area contributed by atoms with Gasteiger partial charge in [-0.2, -0.15) is 5.26 Å². The van der Waals surface area contributed by atoms with E-state index in [0.717, 1.165) is 16.5 Å². The standard InChI is InChI=1S/C21H20N4O2/c1-25(2)21(27)19(11-14-6-4-3-5-7-14)24-20(26)18-12-16-10-15(13-22)8-9-17(16)23-18/h3-10,12,19,23H,11H2,1-2H3,(H,24,26)/t19-/m0/s1. The molecule has 1 aromatic heterocycles. The molecular formula is C21H20N4O2. The first-order chi connectivity index (χ1) is 13.0. The topological polar surface area (TPSA) is 89.0 Å². The van der Waals surface area contributed by atoms with Crippen molar-refractivity contribution in [2.75, 3.05) is 14.1 Å². The van der Waals surface area contributed by atoms with E-state index in [1.807, 2.05) is 30.3 Å². The molecule has 27 heavy (non-hydrogen) atoms. The number of amides is 2. The monoisotopic (exact) mass is 360 g/mol. The minimum atomic E-state index is -0.670. The summed E-state index contributed by atoms with van der Waals surface area (Å²) < 4.78 is 0. The number of nitrogens with one attached hydrogen (secondary N) is 2. The number of aromatic nitrogens is 1. The lowest BCUT2D eigenvalue weighted by atomic mass is 10.0. The highest BCUT2D eigenvalue weighted by Crippen LogP contribution is 2.17. The Morgan fingerprint density at radius 1 is 1.15 bits per heavy atom. The fourth-order valence-electron chi connectivity index (χ4n) is 2.92. The van der Waals surface area contributed by atoms with Gasteiger partial charge in [-0.1, -0.05) is 30.3 Å². The normalized spacial score (nSPS) is 11.6. The second-order valence-electron chi connectivity index (χ2n) is 6.55. The Morgan fingerprint density at radius 2 is 1.89 bits per heavy atom. The number of likely N-dealkylation sites (N-methyl/N-ethyl adjacent to an activating group) is 1. The molecule has 3 aromatic rings. The molecule has 2 aromatic carbocycles. The highest BCUT2D eigenvalue weighted by molar-refractivity contribution is 6.00. The lowest BCUT2D eigenvalue weighted by Crippen LogP contribution is -2.47. The number of fused-ring (bicyclic) bond motifs is 1. The molecule has 0 unspecified atom stereocenters. The van der Waals surface area contributed by atoms with Crippen LogP contribution in [0.25, 0.3) is 10.9 Å². The summed E-state index contributed by atoms with van der Waals surface area (Å²) >= 11 is 0. The summed E-state index contributed by atoms with van der Waals surface area (Å²) in [6, 6.07) is 17.8. The summed E-state index contributed by atoms with van der Waals surface area (Å²) in [5, 5.41) is 12.6. The molecule has 0 bridgehead atoms. The van der Waals surface area contributed by atoms with Gasteiger partial charge in [-0.25, -0.2) is 0 Å². The Bertz CT molecular complexity index is 1020. The Morgan fingerprint density at radius 3 is 2.56 bits per heavy atom. The average molecular weight is 360 g/mol. The Labute approximate surface area is 157 Å². The van der Waals surface area contributed by atoms with Gasteiger partial charge in [-0.15, -0.1) is 0 Å². The zero-order chi connectivity index (χ0) is 19.4. The molecule has 0 radical (unpaired) electrons. The summed E-state index contributed by atoms with van der Waals surface area (Å²) in [5.41, 5.74) is 2.61. The van der Waals surface area contributed by atoms with Crippen LogP contribution in [0.1, 0.15) is 21.6 Å². The van der Waals surface area contributed by atoms with E-state index in [9.17, 15) is 9.59 Å². The molecule has 0 aliphatic carbocycles. The summed E-state index contributed by atoms with van der Waals surface area (Å²) in [7, 11) is 3.33. The first kappa shape index (κ1) is 18.2. The van der Waals surface area contributed by atoms with Gasteiger partial charge in [-0.05, 0) is 29.8 Å². The van der Waals surface area contributed by atoms with Crippen molar-refractivity contribution in [3.63, 3.8) is 0 Å². The van der Waals surface area contributed by atoms with Crippen molar-refractivity contribution in [2.45, 2.75) is 12.5 Å². The van der Waals surface area contributed by atoms with Crippen LogP contribution in [0.15, 0.2) is 54.6 Å². The predicted octanol–water partition coefficient (Wildman–Crippen LogP) is 2.47. The minimum Gasteiger partial charge on any atom is -0.351 e. The van der Waals surface area contributed by atoms with Crippen LogP contribution in [0, 0.1) is 11.3 Å². The number of carbonyl (C=O) groups is 2. The largest absolute Gasteiger partial charge is 0.351 e. The van der Waals surface area contributed by atoms with Crippen molar-refractivity contribution in [1.82, 2.24) is 15.2 Å². The second-order valence-corrected chi connectivity index (χ2v) is 6.55. The third-order valence-corrected chi connectivity index (χ3v) is 4.32. The fraction of sp³-hybridized carbons (Fsp3) is 0.190. The predicted molar refractivity (Wildman–Crippen MR) is 103 cm³/mol. The zero-order valence-electron chi connectivity index (χ0n) is 15.2. The molecule has 0 saturated heterocycles. The molecule has 136 valence electrons. The van der Waals surface area contributed by atoms with Gasteiger partial charge in [0.15, 0.2) is 0 Å². The number of carbonyl (C=O) groups excluding carboxylic acids is 2. The molecule has 2 amide bonds. The Hall–Kier alpha value is -3.59. The molecule has 6 heteroatoms. The van der Waals surface area contributed by atoms with Crippen LogP contribution in [0.3, 0.4) is 0 Å². The van der Waals surface area contributed by atoms with Crippen molar-refractivity contribution >= 4 is 22.7 Å². The summed E-state index contributed by atoms with van der Waals surface area (Å²) in [4.78, 5) is 29.8. The number of aromatic amines is 1. The van der Waals surface area contributed by atoms with Crippen LogP contribution in [0.2, 0.25) is 0 Å². The highest BCUT2D eigenvalue weighted by Gasteiger charge is 2.24. The number of nitrogens with zero attached hydrogens (tertiary/aromatic N) is 2. The molecule has 0 aliphatic heterocycles. The third kappa shape index (κ3) is 4.15. The molecule has 3 rings (SSSR count). The molecule has 0 fully saturated rings. The molecular weight excluding hydrogens is 340 g/mol. The van der Waals surface area contributed by atoms with Crippen molar-refractivity contribution < 1.29 is 9.59 Å². The quantitative estimate of drug-likeness (QED) is 0.732. The molecule has 0 spiro atoms. The summed E-state index contributed by atoms with van der Waals surface area (Å²) in [6.07, 6.45) is 0.405. The van der Waals surface area contributed by atoms with Crippen LogP contribution >= 0.6 is 0 Å². The molecule has 1 heterocycles. The van der Waals surface area contributed by atoms with Crippen molar-refractivity contribution in [1.29, 1.82) is 5.26 Å². The van der Waals surface area contributed by atoms with Crippen LogP contribution in [-0.2, 0) is 11.2 Å². The lowest BCUT2D eigenvalue weighted by molar-refractivity contribution is -0.130. The van der Waals surface area contributed by atoms with Gasteiger partial charge in [0.1, 0.15) is 11.7 Å². The van der Waals surface area contributed by atoms with Gasteiger partial charge < -0.3 is 15.2 Å². The van der Waals surface area contributed by atoms with Crippen molar-refractivity contribution in [3.05, 3.63) is 71.4 Å². The molecule has 1 atom stereocenters. The first-order valence-electron chi connectivity index (χ1n) is 8.57. The van der Waals surface area contributed by atoms with E-state index in [1.54, 1.807) is 38.4 Å². The van der Waals surface area contributed by atoms with E-state index in [0.29, 0.717) is 17.7 Å². The SMILES string of the molecule is CN(C)C(=O)[C@H](Cc1ccccc1)NC(=O)c1cc2cc(C#N)ccc2[nH]1. The van der Waals surface area contributed by atoms with E-state index in [1.165, 1.54) is 4.90 Å². The van der Waals surface area contributed by atoms with Gasteiger partial charge in [-0.3, -0.25) is 9.59 Å². The van der Waals surface area contributed by atoms with E-state index >= 15 is 0 Å².